The lowest BCUT2D eigenvalue weighted by molar-refractivity contribution is 0.669. The van der Waals surface area contributed by atoms with Crippen molar-refractivity contribution < 1.29 is 4.42 Å². The van der Waals surface area contributed by atoms with Crippen molar-refractivity contribution >= 4 is 65.0 Å². The second-order valence-electron chi connectivity index (χ2n) is 16.3. The van der Waals surface area contributed by atoms with Crippen LogP contribution in [0.15, 0.2) is 199 Å². The second kappa shape index (κ2) is 10.9. The van der Waals surface area contributed by atoms with E-state index < -0.39 is 5.41 Å². The molecule has 0 amide bonds. The van der Waals surface area contributed by atoms with Crippen LogP contribution in [-0.4, -0.2) is 0 Å². The van der Waals surface area contributed by atoms with Crippen molar-refractivity contribution in [1.29, 1.82) is 0 Å². The molecule has 1 heteroatoms. The Balaban J connectivity index is 1.14. The highest BCUT2D eigenvalue weighted by molar-refractivity contribution is 6.24. The van der Waals surface area contributed by atoms with Gasteiger partial charge in [0.15, 0.2) is 0 Å². The minimum atomic E-state index is -0.508. The summed E-state index contributed by atoms with van der Waals surface area (Å²) in [5, 5.41) is 12.6. The highest BCUT2D eigenvalue weighted by Gasteiger charge is 2.52. The third-order valence-electron chi connectivity index (χ3n) is 13.5. The molecule has 14 rings (SSSR count). The van der Waals surface area contributed by atoms with Crippen LogP contribution in [0.5, 0.6) is 0 Å². The van der Waals surface area contributed by atoms with Crippen molar-refractivity contribution in [2.24, 2.45) is 0 Å². The van der Waals surface area contributed by atoms with Crippen molar-refractivity contribution in [3.05, 3.63) is 216 Å². The summed E-state index contributed by atoms with van der Waals surface area (Å²) in [4.78, 5) is 0. The summed E-state index contributed by atoms with van der Waals surface area (Å²) >= 11 is 0. The average molecular weight is 733 g/mol. The molecule has 0 saturated heterocycles. The smallest absolute Gasteiger partial charge is 0.136 e. The van der Waals surface area contributed by atoms with E-state index in [1.54, 1.807) is 0 Å². The van der Waals surface area contributed by atoms with Gasteiger partial charge >= 0.3 is 0 Å². The Bertz CT molecular complexity index is 3640. The Morgan fingerprint density at radius 1 is 0.293 bits per heavy atom. The number of rotatable bonds is 2. The van der Waals surface area contributed by atoms with Gasteiger partial charge in [-0.15, -0.1) is 0 Å². The maximum Gasteiger partial charge on any atom is 0.136 e. The van der Waals surface area contributed by atoms with Gasteiger partial charge in [0.25, 0.3) is 0 Å². The molecular weight excluding hydrogens is 701 g/mol. The summed E-state index contributed by atoms with van der Waals surface area (Å²) in [6.45, 7) is 0. The van der Waals surface area contributed by atoms with Gasteiger partial charge in [0.05, 0.1) is 5.41 Å². The maximum absolute atomic E-state index is 6.57. The summed E-state index contributed by atoms with van der Waals surface area (Å²) in [6.07, 6.45) is 0. The average Bonchev–Trinajstić information content (AvgIpc) is 3.90. The lowest BCUT2D eigenvalue weighted by atomic mass is 9.69. The molecule has 0 atom stereocenters. The zero-order chi connectivity index (χ0) is 37.7. The molecule has 1 heterocycles. The number of benzene rings is 11. The first-order valence-corrected chi connectivity index (χ1v) is 20.2. The van der Waals surface area contributed by atoms with Gasteiger partial charge in [0, 0.05) is 10.8 Å². The predicted octanol–water partition coefficient (Wildman–Crippen LogP) is 15.3. The molecule has 0 radical (unpaired) electrons. The first-order chi connectivity index (χ1) is 28.7. The van der Waals surface area contributed by atoms with Crippen molar-refractivity contribution in [1.82, 2.24) is 0 Å². The summed E-state index contributed by atoms with van der Waals surface area (Å²) in [7, 11) is 0. The molecule has 266 valence electrons. The number of fused-ring (bicyclic) bond motifs is 14. The zero-order valence-corrected chi connectivity index (χ0v) is 31.4. The summed E-state index contributed by atoms with van der Waals surface area (Å²) in [6, 6.07) is 72.9. The molecule has 0 unspecified atom stereocenters. The summed E-state index contributed by atoms with van der Waals surface area (Å²) in [5.74, 6) is 0. The number of para-hydroxylation sites is 1. The molecule has 1 spiro atoms. The molecule has 0 N–H and O–H groups in total. The van der Waals surface area contributed by atoms with E-state index in [-0.39, 0.29) is 0 Å². The Morgan fingerprint density at radius 3 is 1.64 bits per heavy atom. The molecule has 2 aliphatic rings. The molecule has 0 bridgehead atoms. The van der Waals surface area contributed by atoms with Crippen LogP contribution in [0, 0.1) is 0 Å². The monoisotopic (exact) mass is 732 g/mol. The van der Waals surface area contributed by atoms with Crippen molar-refractivity contribution in [3.63, 3.8) is 0 Å². The summed E-state index contributed by atoms with van der Waals surface area (Å²) in [5.41, 5.74) is 16.7. The van der Waals surface area contributed by atoms with E-state index in [0.29, 0.717) is 0 Å². The Hall–Kier alpha value is -7.48. The molecule has 0 fully saturated rings. The van der Waals surface area contributed by atoms with Gasteiger partial charge in [-0.2, -0.15) is 0 Å². The van der Waals surface area contributed by atoms with E-state index in [1.165, 1.54) is 104 Å². The van der Waals surface area contributed by atoms with E-state index in [0.717, 1.165) is 27.5 Å². The second-order valence-corrected chi connectivity index (χ2v) is 16.3. The van der Waals surface area contributed by atoms with Crippen LogP contribution >= 0.6 is 0 Å². The van der Waals surface area contributed by atoms with Gasteiger partial charge in [-0.05, 0) is 164 Å². The predicted molar refractivity (Wildman–Crippen MR) is 242 cm³/mol. The normalized spacial score (nSPS) is 13.7. The van der Waals surface area contributed by atoms with Crippen LogP contribution in [0.1, 0.15) is 22.3 Å². The third-order valence-corrected chi connectivity index (χ3v) is 13.5. The van der Waals surface area contributed by atoms with Crippen LogP contribution < -0.4 is 0 Å². The highest BCUT2D eigenvalue weighted by atomic mass is 16.3. The largest absolute Gasteiger partial charge is 0.456 e. The van der Waals surface area contributed by atoms with Gasteiger partial charge in [-0.25, -0.2) is 0 Å². The van der Waals surface area contributed by atoms with Crippen LogP contribution in [-0.2, 0) is 5.41 Å². The quantitative estimate of drug-likeness (QED) is 0.161. The number of furan rings is 1. The number of hydrogen-bond donors (Lipinski definition) is 0. The lowest BCUT2D eigenvalue weighted by Gasteiger charge is -2.31. The number of hydrogen-bond acceptors (Lipinski definition) is 1. The SMILES string of the molecule is c1ccc2c(c1)-c1ccccc1C21c2cc3ccccc3cc2-c2c(-c3ccc4c(c3)oc3ccccc34)cc(-c3cc4ccc5cccc6ccc(c3)c4c56)cc21. The fraction of sp³-hybridized carbons (Fsp3) is 0.0175. The minimum Gasteiger partial charge on any atom is -0.456 e. The molecule has 58 heavy (non-hydrogen) atoms. The van der Waals surface area contributed by atoms with Crippen LogP contribution in [0.2, 0.25) is 0 Å². The molecule has 1 nitrogen and oxygen atoms in total. The lowest BCUT2D eigenvalue weighted by Crippen LogP contribution is -2.26. The fourth-order valence-electron chi connectivity index (χ4n) is 11.2. The Morgan fingerprint density at radius 2 is 0.879 bits per heavy atom. The van der Waals surface area contributed by atoms with E-state index >= 15 is 0 Å². The van der Waals surface area contributed by atoms with Gasteiger partial charge in [0.1, 0.15) is 11.2 Å². The highest BCUT2D eigenvalue weighted by Crippen LogP contribution is 2.65. The van der Waals surface area contributed by atoms with E-state index in [9.17, 15) is 0 Å². The van der Waals surface area contributed by atoms with Crippen LogP contribution in [0.25, 0.3) is 110 Å². The molecule has 0 saturated carbocycles. The van der Waals surface area contributed by atoms with Gasteiger partial charge in [0.2, 0.25) is 0 Å². The minimum absolute atomic E-state index is 0.508. The van der Waals surface area contributed by atoms with Gasteiger partial charge in [-0.1, -0.05) is 140 Å². The van der Waals surface area contributed by atoms with Crippen molar-refractivity contribution in [2.75, 3.05) is 0 Å². The first kappa shape index (κ1) is 30.7. The van der Waals surface area contributed by atoms with E-state index in [1.807, 2.05) is 0 Å². The molecule has 12 aromatic rings. The third kappa shape index (κ3) is 3.81. The van der Waals surface area contributed by atoms with E-state index in [4.69, 9.17) is 4.42 Å². The molecule has 2 aliphatic carbocycles. The Kier molecular flexibility index (Phi) is 5.76. The molecular formula is C57H32O. The summed E-state index contributed by atoms with van der Waals surface area (Å²) < 4.78 is 6.57. The maximum atomic E-state index is 6.57. The molecule has 1 aromatic heterocycles. The fourth-order valence-corrected chi connectivity index (χ4v) is 11.2. The van der Waals surface area contributed by atoms with Gasteiger partial charge in [-0.3, -0.25) is 0 Å². The van der Waals surface area contributed by atoms with Crippen molar-refractivity contribution in [2.45, 2.75) is 5.41 Å². The standard InChI is InChI=1S/C57H32O/c1-2-11-36-30-50-47(28-35(36)10-1)56-46(37-24-25-45-44-16-5-8-19-52(44)58-53(45)32-37)29-41(31-51(56)57(50)48-17-6-3-14-42(48)43-15-4-7-18-49(43)57)40-26-38-22-20-33-12-9-13-34-21-23-39(27-40)55(38)54(33)34/h1-32H. The van der Waals surface area contributed by atoms with E-state index in [2.05, 4.69) is 194 Å². The zero-order valence-electron chi connectivity index (χ0n) is 31.4. The van der Waals surface area contributed by atoms with Crippen molar-refractivity contribution in [3.8, 4) is 44.5 Å². The first-order valence-electron chi connectivity index (χ1n) is 20.2. The molecule has 0 aliphatic heterocycles. The van der Waals surface area contributed by atoms with Gasteiger partial charge < -0.3 is 4.42 Å². The van der Waals surface area contributed by atoms with Crippen LogP contribution in [0.4, 0.5) is 0 Å². The topological polar surface area (TPSA) is 13.1 Å². The Labute approximate surface area is 334 Å². The van der Waals surface area contributed by atoms with Crippen LogP contribution in [0.3, 0.4) is 0 Å². The molecule has 11 aromatic carbocycles.